The average molecular weight is 472 g/mol. The number of anilines is 1. The lowest BCUT2D eigenvalue weighted by molar-refractivity contribution is -0.120. The highest BCUT2D eigenvalue weighted by atomic mass is 32.2. The number of carbonyl (C=O) groups is 1. The van der Waals surface area contributed by atoms with Crippen molar-refractivity contribution >= 4 is 44.2 Å². The molecule has 3 aromatic rings. The van der Waals surface area contributed by atoms with Crippen LogP contribution in [-0.4, -0.2) is 36.7 Å². The first-order valence-electron chi connectivity index (χ1n) is 10.1. The minimum absolute atomic E-state index is 0.167. The van der Waals surface area contributed by atoms with E-state index in [1.165, 1.54) is 20.5 Å². The molecule has 1 unspecified atom stereocenters. The molecule has 1 fully saturated rings. The molecule has 1 atom stereocenters. The van der Waals surface area contributed by atoms with Gasteiger partial charge in [-0.1, -0.05) is 36.4 Å². The number of thiazole rings is 1. The molecule has 9 heteroatoms. The lowest BCUT2D eigenvalue weighted by atomic mass is 9.99. The molecule has 1 saturated heterocycles. The standard InChI is InChI=1S/C22H21N3O3S3/c26-21(15-7-6-12-25(13-15)31(27,28)16-8-2-1-3-9-16)24-22-23-20-17-10-4-5-11-18(17)29-14-19(20)30-22/h1-5,8-11,15H,6-7,12-14H2,(H,23,24,26). The summed E-state index contributed by atoms with van der Waals surface area (Å²) in [5.74, 6) is 0.279. The molecule has 0 saturated carbocycles. The molecule has 1 aromatic heterocycles. The summed E-state index contributed by atoms with van der Waals surface area (Å²) in [6.07, 6.45) is 1.32. The summed E-state index contributed by atoms with van der Waals surface area (Å²) in [5.41, 5.74) is 2.04. The maximum Gasteiger partial charge on any atom is 0.243 e. The van der Waals surface area contributed by atoms with E-state index in [-0.39, 0.29) is 17.3 Å². The number of nitrogens with one attached hydrogen (secondary N) is 1. The molecule has 6 nitrogen and oxygen atoms in total. The summed E-state index contributed by atoms with van der Waals surface area (Å²) >= 11 is 3.28. The van der Waals surface area contributed by atoms with Crippen molar-refractivity contribution in [2.24, 2.45) is 5.92 Å². The van der Waals surface area contributed by atoms with Gasteiger partial charge in [-0.2, -0.15) is 4.31 Å². The Morgan fingerprint density at radius 2 is 1.87 bits per heavy atom. The number of rotatable bonds is 4. The Kier molecular flexibility index (Phi) is 5.60. The van der Waals surface area contributed by atoms with Crippen molar-refractivity contribution in [2.75, 3.05) is 18.4 Å². The Balaban J connectivity index is 1.31. The zero-order chi connectivity index (χ0) is 21.4. The number of piperidine rings is 1. The number of thioether (sulfide) groups is 1. The van der Waals surface area contributed by atoms with Gasteiger partial charge in [0, 0.05) is 34.2 Å². The van der Waals surface area contributed by atoms with Gasteiger partial charge in [0.1, 0.15) is 0 Å². The number of carbonyl (C=O) groups excluding carboxylic acids is 1. The molecule has 160 valence electrons. The van der Waals surface area contributed by atoms with Crippen molar-refractivity contribution in [1.29, 1.82) is 0 Å². The predicted molar refractivity (Wildman–Crippen MR) is 124 cm³/mol. The number of hydrogen-bond acceptors (Lipinski definition) is 6. The highest BCUT2D eigenvalue weighted by Crippen LogP contribution is 2.44. The second-order valence-corrected chi connectivity index (χ2v) is 11.6. The van der Waals surface area contributed by atoms with Crippen molar-refractivity contribution in [3.63, 3.8) is 0 Å². The molecule has 31 heavy (non-hydrogen) atoms. The van der Waals surface area contributed by atoms with Crippen LogP contribution in [0.4, 0.5) is 5.13 Å². The van der Waals surface area contributed by atoms with Crippen LogP contribution in [0.5, 0.6) is 0 Å². The van der Waals surface area contributed by atoms with Crippen molar-refractivity contribution < 1.29 is 13.2 Å². The number of sulfonamides is 1. The second-order valence-electron chi connectivity index (χ2n) is 7.58. The van der Waals surface area contributed by atoms with E-state index in [9.17, 15) is 13.2 Å². The molecule has 0 spiro atoms. The smallest absolute Gasteiger partial charge is 0.243 e. The average Bonchev–Trinajstić information content (AvgIpc) is 3.23. The topological polar surface area (TPSA) is 79.4 Å². The van der Waals surface area contributed by atoms with Gasteiger partial charge in [-0.3, -0.25) is 4.79 Å². The van der Waals surface area contributed by atoms with Crippen LogP contribution in [0.3, 0.4) is 0 Å². The molecule has 0 bridgehead atoms. The number of benzene rings is 2. The van der Waals surface area contributed by atoms with Crippen LogP contribution < -0.4 is 5.32 Å². The van der Waals surface area contributed by atoms with Crippen LogP contribution in [0.2, 0.25) is 0 Å². The molecule has 1 amide bonds. The molecule has 0 radical (unpaired) electrons. The van der Waals surface area contributed by atoms with Gasteiger partial charge >= 0.3 is 0 Å². The third-order valence-electron chi connectivity index (χ3n) is 5.56. The molecule has 2 aliphatic heterocycles. The lowest BCUT2D eigenvalue weighted by Gasteiger charge is -2.31. The van der Waals surface area contributed by atoms with E-state index >= 15 is 0 Å². The third-order valence-corrected chi connectivity index (χ3v) is 9.70. The normalized spacial score (nSPS) is 18.8. The minimum atomic E-state index is -3.60. The Hall–Kier alpha value is -2.20. The van der Waals surface area contributed by atoms with Crippen LogP contribution in [0.15, 0.2) is 64.4 Å². The van der Waals surface area contributed by atoms with Crippen molar-refractivity contribution in [3.8, 4) is 11.3 Å². The Labute approximate surface area is 189 Å². The monoisotopic (exact) mass is 471 g/mol. The quantitative estimate of drug-likeness (QED) is 0.608. The Morgan fingerprint density at radius 3 is 2.71 bits per heavy atom. The van der Waals surface area contributed by atoms with E-state index < -0.39 is 15.9 Å². The van der Waals surface area contributed by atoms with Gasteiger partial charge in [-0.15, -0.1) is 23.1 Å². The molecule has 5 rings (SSSR count). The zero-order valence-corrected chi connectivity index (χ0v) is 19.1. The van der Waals surface area contributed by atoms with Crippen LogP contribution in [0, 0.1) is 5.92 Å². The number of aromatic nitrogens is 1. The van der Waals surface area contributed by atoms with E-state index in [1.807, 2.05) is 12.1 Å². The lowest BCUT2D eigenvalue weighted by Crippen LogP contribution is -2.43. The van der Waals surface area contributed by atoms with E-state index in [2.05, 4.69) is 22.4 Å². The van der Waals surface area contributed by atoms with E-state index in [0.717, 1.165) is 21.9 Å². The first kappa shape index (κ1) is 20.7. The van der Waals surface area contributed by atoms with Crippen LogP contribution in [0.25, 0.3) is 11.3 Å². The SMILES string of the molecule is O=C(Nc1nc2c(s1)CSc1ccccc1-2)C1CCCN(S(=O)(=O)c2ccccc2)C1. The molecular formula is C22H21N3O3S3. The Bertz CT molecular complexity index is 1230. The van der Waals surface area contributed by atoms with Crippen molar-refractivity contribution in [2.45, 2.75) is 28.4 Å². The summed E-state index contributed by atoms with van der Waals surface area (Å²) in [6, 6.07) is 16.5. The van der Waals surface area contributed by atoms with Crippen molar-refractivity contribution in [1.82, 2.24) is 9.29 Å². The summed E-state index contributed by atoms with van der Waals surface area (Å²) < 4.78 is 27.3. The van der Waals surface area contributed by atoms with E-state index in [1.54, 1.807) is 42.1 Å². The van der Waals surface area contributed by atoms with Gasteiger partial charge in [0.05, 0.1) is 16.5 Å². The van der Waals surface area contributed by atoms with Crippen molar-refractivity contribution in [3.05, 3.63) is 59.5 Å². The largest absolute Gasteiger partial charge is 0.302 e. The van der Waals surface area contributed by atoms with Gasteiger partial charge in [0.15, 0.2) is 5.13 Å². The van der Waals surface area contributed by atoms with Crippen LogP contribution in [-0.2, 0) is 20.6 Å². The zero-order valence-electron chi connectivity index (χ0n) is 16.7. The van der Waals surface area contributed by atoms with E-state index in [0.29, 0.717) is 24.5 Å². The summed E-state index contributed by atoms with van der Waals surface area (Å²) in [7, 11) is -3.60. The first-order chi connectivity index (χ1) is 15.0. The summed E-state index contributed by atoms with van der Waals surface area (Å²) in [4.78, 5) is 20.3. The minimum Gasteiger partial charge on any atom is -0.302 e. The molecule has 1 N–H and O–H groups in total. The Morgan fingerprint density at radius 1 is 1.10 bits per heavy atom. The van der Waals surface area contributed by atoms with Gasteiger partial charge in [-0.25, -0.2) is 13.4 Å². The molecule has 3 heterocycles. The number of nitrogens with zero attached hydrogens (tertiary/aromatic N) is 2. The fraction of sp³-hybridized carbons (Fsp3) is 0.273. The molecule has 2 aliphatic rings. The van der Waals surface area contributed by atoms with Gasteiger partial charge in [0.2, 0.25) is 15.9 Å². The van der Waals surface area contributed by atoms with Crippen LogP contribution >= 0.6 is 23.1 Å². The summed E-state index contributed by atoms with van der Waals surface area (Å²) in [6.45, 7) is 0.618. The third kappa shape index (κ3) is 4.03. The fourth-order valence-corrected chi connectivity index (χ4v) is 7.62. The number of hydrogen-bond donors (Lipinski definition) is 1. The predicted octanol–water partition coefficient (Wildman–Crippen LogP) is 4.46. The number of amides is 1. The summed E-state index contributed by atoms with van der Waals surface area (Å²) in [5, 5.41) is 3.53. The molecule has 0 aliphatic carbocycles. The second kappa shape index (κ2) is 8.38. The molecular weight excluding hydrogens is 450 g/mol. The fourth-order valence-electron chi connectivity index (χ4n) is 3.97. The van der Waals surface area contributed by atoms with Gasteiger partial charge in [0.25, 0.3) is 0 Å². The molecule has 2 aromatic carbocycles. The maximum absolute atomic E-state index is 13.0. The maximum atomic E-state index is 13.0. The van der Waals surface area contributed by atoms with E-state index in [4.69, 9.17) is 0 Å². The van der Waals surface area contributed by atoms with Gasteiger partial charge in [-0.05, 0) is 31.0 Å². The van der Waals surface area contributed by atoms with Gasteiger partial charge < -0.3 is 5.32 Å². The first-order valence-corrected chi connectivity index (χ1v) is 13.3. The number of fused-ring (bicyclic) bond motifs is 3. The van der Waals surface area contributed by atoms with Crippen LogP contribution in [0.1, 0.15) is 17.7 Å². The highest BCUT2D eigenvalue weighted by Gasteiger charge is 2.33. The highest BCUT2D eigenvalue weighted by molar-refractivity contribution is 7.98.